The van der Waals surface area contributed by atoms with E-state index in [-0.39, 0.29) is 11.7 Å². The van der Waals surface area contributed by atoms with Crippen LogP contribution in [0.3, 0.4) is 0 Å². The van der Waals surface area contributed by atoms with Crippen LogP contribution in [-0.2, 0) is 11.3 Å². The third-order valence-electron chi connectivity index (χ3n) is 3.47. The summed E-state index contributed by atoms with van der Waals surface area (Å²) in [6.45, 7) is 7.84. The highest BCUT2D eigenvalue weighted by Crippen LogP contribution is 2.30. The molecule has 0 fully saturated rings. The van der Waals surface area contributed by atoms with Crippen LogP contribution >= 0.6 is 11.8 Å². The number of halogens is 1. The predicted molar refractivity (Wildman–Crippen MR) is 97.8 cm³/mol. The van der Waals surface area contributed by atoms with Crippen molar-refractivity contribution in [3.8, 4) is 11.4 Å². The van der Waals surface area contributed by atoms with Gasteiger partial charge in [-0.15, -0.1) is 16.8 Å². The van der Waals surface area contributed by atoms with Crippen molar-refractivity contribution in [2.45, 2.75) is 30.8 Å². The molecule has 1 aromatic carbocycles. The smallest absolute Gasteiger partial charge is 0.318 e. The fourth-order valence-corrected chi connectivity index (χ4v) is 3.32. The van der Waals surface area contributed by atoms with Gasteiger partial charge < -0.3 is 5.73 Å². The number of allylic oxidation sites excluding steroid dienone is 1. The fourth-order valence-electron chi connectivity index (χ4n) is 2.28. The monoisotopic (exact) mass is 377 g/mol. The molecule has 3 amide bonds. The molecule has 0 aliphatic heterocycles. The molecule has 2 rings (SSSR count). The predicted octanol–water partition coefficient (Wildman–Crippen LogP) is 2.58. The third-order valence-corrected chi connectivity index (χ3v) is 5.00. The number of rotatable bonds is 7. The van der Waals surface area contributed by atoms with E-state index in [1.54, 1.807) is 22.8 Å². The van der Waals surface area contributed by atoms with Gasteiger partial charge >= 0.3 is 6.03 Å². The van der Waals surface area contributed by atoms with Crippen molar-refractivity contribution in [1.82, 2.24) is 20.1 Å². The number of benzene rings is 1. The van der Waals surface area contributed by atoms with Crippen LogP contribution in [-0.4, -0.2) is 32.0 Å². The Morgan fingerprint density at radius 3 is 2.54 bits per heavy atom. The van der Waals surface area contributed by atoms with Crippen LogP contribution in [0.2, 0.25) is 0 Å². The zero-order valence-corrected chi connectivity index (χ0v) is 15.3. The van der Waals surface area contributed by atoms with Crippen LogP contribution in [0.4, 0.5) is 9.18 Å². The number of amides is 3. The van der Waals surface area contributed by atoms with Gasteiger partial charge in [-0.2, -0.15) is 0 Å². The summed E-state index contributed by atoms with van der Waals surface area (Å²) in [6.07, 6.45) is 1.67. The zero-order valence-electron chi connectivity index (χ0n) is 14.5. The maximum atomic E-state index is 13.2. The molecule has 1 atom stereocenters. The lowest BCUT2D eigenvalue weighted by Crippen LogP contribution is -2.42. The van der Waals surface area contributed by atoms with Crippen molar-refractivity contribution < 1.29 is 14.0 Å². The Labute approximate surface area is 154 Å². The van der Waals surface area contributed by atoms with Crippen molar-refractivity contribution in [2.75, 3.05) is 0 Å². The van der Waals surface area contributed by atoms with Crippen molar-refractivity contribution in [2.24, 2.45) is 11.7 Å². The van der Waals surface area contributed by atoms with Crippen molar-refractivity contribution >= 4 is 23.7 Å². The van der Waals surface area contributed by atoms with E-state index in [0.717, 1.165) is 0 Å². The van der Waals surface area contributed by atoms with E-state index in [9.17, 15) is 14.0 Å². The number of nitrogens with two attached hydrogens (primary N) is 1. The molecule has 0 aliphatic carbocycles. The zero-order chi connectivity index (χ0) is 19.3. The van der Waals surface area contributed by atoms with Gasteiger partial charge in [0.2, 0.25) is 5.91 Å². The highest BCUT2D eigenvalue weighted by molar-refractivity contribution is 8.00. The first kappa shape index (κ1) is 19.6. The Morgan fingerprint density at radius 2 is 2.00 bits per heavy atom. The third kappa shape index (κ3) is 4.69. The van der Waals surface area contributed by atoms with Gasteiger partial charge in [0.15, 0.2) is 11.0 Å². The fraction of sp³-hybridized carbons (Fsp3) is 0.294. The van der Waals surface area contributed by atoms with Crippen molar-refractivity contribution in [3.63, 3.8) is 0 Å². The van der Waals surface area contributed by atoms with Gasteiger partial charge in [-0.3, -0.25) is 14.7 Å². The second kappa shape index (κ2) is 8.61. The number of aromatic nitrogens is 3. The van der Waals surface area contributed by atoms with E-state index in [2.05, 4.69) is 22.1 Å². The first-order chi connectivity index (χ1) is 12.3. The quantitative estimate of drug-likeness (QED) is 0.570. The van der Waals surface area contributed by atoms with Crippen LogP contribution in [0.25, 0.3) is 11.4 Å². The lowest BCUT2D eigenvalue weighted by Gasteiger charge is -2.18. The number of carbonyl (C=O) groups is 2. The minimum Gasteiger partial charge on any atom is -0.351 e. The van der Waals surface area contributed by atoms with Crippen LogP contribution in [0.15, 0.2) is 42.1 Å². The van der Waals surface area contributed by atoms with Gasteiger partial charge in [0.05, 0.1) is 5.25 Å². The Hall–Kier alpha value is -2.68. The van der Waals surface area contributed by atoms with Crippen molar-refractivity contribution in [1.29, 1.82) is 0 Å². The number of imide groups is 1. The van der Waals surface area contributed by atoms with Crippen LogP contribution in [0.5, 0.6) is 0 Å². The van der Waals surface area contributed by atoms with E-state index in [1.165, 1.54) is 23.9 Å². The molecule has 3 N–H and O–H groups in total. The van der Waals surface area contributed by atoms with Gasteiger partial charge in [0, 0.05) is 12.1 Å². The highest BCUT2D eigenvalue weighted by atomic mass is 32.2. The summed E-state index contributed by atoms with van der Waals surface area (Å²) in [5.74, 6) is -0.386. The molecule has 0 spiro atoms. The number of nitrogens with zero attached hydrogens (tertiary/aromatic N) is 3. The number of urea groups is 1. The van der Waals surface area contributed by atoms with Gasteiger partial charge in [-0.25, -0.2) is 9.18 Å². The van der Waals surface area contributed by atoms with Gasteiger partial charge in [0.1, 0.15) is 5.82 Å². The number of nitrogens with one attached hydrogen (secondary N) is 1. The number of primary amides is 1. The summed E-state index contributed by atoms with van der Waals surface area (Å²) in [5.41, 5.74) is 5.73. The average molecular weight is 377 g/mol. The lowest BCUT2D eigenvalue weighted by atomic mass is 10.1. The first-order valence-electron chi connectivity index (χ1n) is 7.90. The SMILES string of the molecule is C=CCn1c(S[C@@H](C(=O)NC(N)=O)C(C)C)nnc1-c1ccc(F)cc1. The molecule has 0 unspecified atom stereocenters. The summed E-state index contributed by atoms with van der Waals surface area (Å²) < 4.78 is 14.9. The van der Waals surface area contributed by atoms with Crippen molar-refractivity contribution in [3.05, 3.63) is 42.7 Å². The standard InChI is InChI=1S/C17H20FN5O2S/c1-4-9-23-14(11-5-7-12(18)8-6-11)21-22-17(23)26-13(10(2)3)15(24)20-16(19)25/h4-8,10,13H,1,9H2,2-3H3,(H3,19,20,24,25)/t13-/m1/s1. The highest BCUT2D eigenvalue weighted by Gasteiger charge is 2.27. The molecule has 0 aliphatic rings. The molecular formula is C17H20FN5O2S. The number of thioether (sulfide) groups is 1. The Bertz CT molecular complexity index is 804. The summed E-state index contributed by atoms with van der Waals surface area (Å²) >= 11 is 1.18. The molecule has 0 radical (unpaired) electrons. The van der Waals surface area contributed by atoms with Crippen LogP contribution in [0, 0.1) is 11.7 Å². The number of carbonyl (C=O) groups excluding carboxylic acids is 2. The van der Waals surface area contributed by atoms with E-state index in [1.807, 2.05) is 13.8 Å². The maximum absolute atomic E-state index is 13.2. The normalized spacial score (nSPS) is 12.0. The van der Waals surface area contributed by atoms with E-state index in [0.29, 0.717) is 23.1 Å². The summed E-state index contributed by atoms with van der Waals surface area (Å²) in [5, 5.41) is 10.3. The number of hydrogen-bond acceptors (Lipinski definition) is 5. The second-order valence-corrected chi connectivity index (χ2v) is 6.96. The topological polar surface area (TPSA) is 103 Å². The maximum Gasteiger partial charge on any atom is 0.318 e. The molecule has 2 aromatic rings. The molecule has 0 saturated heterocycles. The molecule has 0 bridgehead atoms. The molecule has 1 heterocycles. The Morgan fingerprint density at radius 1 is 1.35 bits per heavy atom. The first-order valence-corrected chi connectivity index (χ1v) is 8.78. The van der Waals surface area contributed by atoms with E-state index in [4.69, 9.17) is 5.73 Å². The molecule has 9 heteroatoms. The minimum absolute atomic E-state index is 0.0810. The van der Waals surface area contributed by atoms with Gasteiger partial charge in [-0.1, -0.05) is 31.7 Å². The Balaban J connectivity index is 2.36. The molecule has 26 heavy (non-hydrogen) atoms. The van der Waals surface area contributed by atoms with Crippen LogP contribution < -0.4 is 11.1 Å². The van der Waals surface area contributed by atoms with Crippen LogP contribution in [0.1, 0.15) is 13.8 Å². The van der Waals surface area contributed by atoms with E-state index < -0.39 is 17.2 Å². The second-order valence-electron chi connectivity index (χ2n) is 5.85. The average Bonchev–Trinajstić information content (AvgIpc) is 2.95. The van der Waals surface area contributed by atoms with Gasteiger partial charge in [0.25, 0.3) is 0 Å². The Kier molecular flexibility index (Phi) is 6.51. The molecule has 1 aromatic heterocycles. The summed E-state index contributed by atoms with van der Waals surface area (Å²) in [7, 11) is 0. The number of hydrogen-bond donors (Lipinski definition) is 2. The summed E-state index contributed by atoms with van der Waals surface area (Å²) in [6, 6.07) is 4.99. The summed E-state index contributed by atoms with van der Waals surface area (Å²) in [4.78, 5) is 23.2. The molecule has 138 valence electrons. The van der Waals surface area contributed by atoms with Gasteiger partial charge in [-0.05, 0) is 30.2 Å². The molecule has 0 saturated carbocycles. The largest absolute Gasteiger partial charge is 0.351 e. The molecule has 7 nitrogen and oxygen atoms in total. The minimum atomic E-state index is -0.902. The lowest BCUT2D eigenvalue weighted by molar-refractivity contribution is -0.120. The van der Waals surface area contributed by atoms with E-state index >= 15 is 0 Å². The molecular weight excluding hydrogens is 357 g/mol.